The number of carbonyl (C=O) groups excluding carboxylic acids is 1. The van der Waals surface area contributed by atoms with Crippen LogP contribution in [0.25, 0.3) is 22.0 Å². The molecule has 10 nitrogen and oxygen atoms in total. The molecule has 3 heterocycles. The molecular weight excluding hydrogens is 551 g/mol. The van der Waals surface area contributed by atoms with Crippen molar-refractivity contribution in [1.82, 2.24) is 15.0 Å². The van der Waals surface area contributed by atoms with Crippen molar-refractivity contribution in [2.24, 2.45) is 5.73 Å². The minimum atomic E-state index is -0.825. The molecule has 5 aromatic rings. The molecule has 2 atom stereocenters. The number of nitrogens with two attached hydrogens (primary N) is 2. The topological polar surface area (TPSA) is 150 Å². The monoisotopic (exact) mass is 582 g/mol. The van der Waals surface area contributed by atoms with Crippen LogP contribution in [0, 0.1) is 5.82 Å². The maximum absolute atomic E-state index is 16.4. The summed E-state index contributed by atoms with van der Waals surface area (Å²) in [4.78, 5) is 24.2. The highest BCUT2D eigenvalue weighted by atomic mass is 19.1. The lowest BCUT2D eigenvalue weighted by molar-refractivity contribution is 0.100. The van der Waals surface area contributed by atoms with Crippen LogP contribution in [-0.2, 0) is 4.74 Å². The molecule has 2 unspecified atom stereocenters. The summed E-state index contributed by atoms with van der Waals surface area (Å²) >= 11 is 0. The number of nitrogen functional groups attached to an aromatic ring is 1. The van der Waals surface area contributed by atoms with Crippen LogP contribution >= 0.6 is 0 Å². The Labute approximate surface area is 247 Å². The maximum atomic E-state index is 16.4. The third-order valence-electron chi connectivity index (χ3n) is 7.30. The van der Waals surface area contributed by atoms with Crippen molar-refractivity contribution in [1.29, 1.82) is 0 Å². The van der Waals surface area contributed by atoms with Crippen molar-refractivity contribution in [3.8, 4) is 22.8 Å². The van der Waals surface area contributed by atoms with Crippen molar-refractivity contribution < 1.29 is 23.4 Å². The van der Waals surface area contributed by atoms with E-state index in [9.17, 15) is 4.79 Å². The number of pyridine rings is 1. The van der Waals surface area contributed by atoms with Gasteiger partial charge in [0, 0.05) is 46.4 Å². The number of ether oxygens (including phenoxy) is 3. The SMILES string of the molecule is CCOc1cc(OC2CCOC2)c(F)c(C(Nc2ccc3c(N)nccc3c2)c2ncc(-c3ccccc3C(N)=O)[nH]2)c1. The van der Waals surface area contributed by atoms with Crippen LogP contribution in [0.1, 0.15) is 41.1 Å². The van der Waals surface area contributed by atoms with E-state index in [2.05, 4.69) is 20.3 Å². The Bertz CT molecular complexity index is 1790. The fourth-order valence-electron chi connectivity index (χ4n) is 5.23. The third kappa shape index (κ3) is 5.80. The summed E-state index contributed by atoms with van der Waals surface area (Å²) in [6.07, 6.45) is 3.61. The van der Waals surface area contributed by atoms with Crippen molar-refractivity contribution in [2.75, 3.05) is 30.9 Å². The molecule has 1 fully saturated rings. The minimum absolute atomic E-state index is 0.0615. The predicted molar refractivity (Wildman–Crippen MR) is 162 cm³/mol. The number of benzene rings is 3. The molecule has 1 saturated heterocycles. The van der Waals surface area contributed by atoms with E-state index in [1.54, 1.807) is 48.8 Å². The summed E-state index contributed by atoms with van der Waals surface area (Å²) in [5, 5.41) is 5.09. The Morgan fingerprint density at radius 2 is 2.05 bits per heavy atom. The van der Waals surface area contributed by atoms with Gasteiger partial charge in [-0.3, -0.25) is 4.79 Å². The quantitative estimate of drug-likeness (QED) is 0.175. The molecule has 1 aliphatic heterocycles. The van der Waals surface area contributed by atoms with Crippen molar-refractivity contribution in [2.45, 2.75) is 25.5 Å². The van der Waals surface area contributed by atoms with E-state index in [1.165, 1.54) is 0 Å². The number of aromatic nitrogens is 3. The first-order valence-electron chi connectivity index (χ1n) is 14.0. The van der Waals surface area contributed by atoms with E-state index in [0.717, 1.165) is 10.8 Å². The highest BCUT2D eigenvalue weighted by Crippen LogP contribution is 2.37. The standard InChI is InChI=1S/C32H31FN6O4/c1-2-42-21-14-25(28(33)27(15-21)43-20-10-12-41-17-20)29(38-19-7-8-22-18(13-19)9-11-36-30(22)34)32-37-16-26(39-32)23-5-3-4-6-24(23)31(35)40/h3-9,11,13-16,20,29,38H,2,10,12,17H2,1H3,(H2,34,36)(H2,35,40)(H,37,39). The fraction of sp³-hybridized carbons (Fsp3) is 0.219. The van der Waals surface area contributed by atoms with E-state index >= 15 is 4.39 Å². The van der Waals surface area contributed by atoms with Gasteiger partial charge >= 0.3 is 0 Å². The van der Waals surface area contributed by atoms with Crippen LogP contribution in [0.5, 0.6) is 11.5 Å². The molecule has 220 valence electrons. The number of hydrogen-bond donors (Lipinski definition) is 4. The molecule has 0 saturated carbocycles. The second kappa shape index (κ2) is 12.0. The van der Waals surface area contributed by atoms with Crippen LogP contribution in [-0.4, -0.2) is 46.8 Å². The molecular formula is C32H31FN6O4. The lowest BCUT2D eigenvalue weighted by Gasteiger charge is -2.23. The normalized spacial score (nSPS) is 15.3. The van der Waals surface area contributed by atoms with Crippen LogP contribution in [0.4, 0.5) is 15.9 Å². The largest absolute Gasteiger partial charge is 0.494 e. The number of H-pyrrole nitrogens is 1. The van der Waals surface area contributed by atoms with Gasteiger partial charge in [-0.25, -0.2) is 14.4 Å². The second-order valence-electron chi connectivity index (χ2n) is 10.2. The Hall–Kier alpha value is -5.16. The summed E-state index contributed by atoms with van der Waals surface area (Å²) < 4.78 is 33.7. The number of primary amides is 1. The minimum Gasteiger partial charge on any atom is -0.494 e. The molecule has 6 N–H and O–H groups in total. The van der Waals surface area contributed by atoms with E-state index in [1.807, 2.05) is 31.2 Å². The molecule has 2 aromatic heterocycles. The highest BCUT2D eigenvalue weighted by molar-refractivity contribution is 5.99. The summed E-state index contributed by atoms with van der Waals surface area (Å²) in [5.41, 5.74) is 14.1. The number of halogens is 1. The van der Waals surface area contributed by atoms with E-state index in [0.29, 0.717) is 66.1 Å². The summed E-state index contributed by atoms with van der Waals surface area (Å²) in [6, 6.07) is 16.8. The molecule has 11 heteroatoms. The van der Waals surface area contributed by atoms with Crippen LogP contribution < -0.4 is 26.3 Å². The van der Waals surface area contributed by atoms with Gasteiger partial charge in [-0.05, 0) is 48.7 Å². The van der Waals surface area contributed by atoms with E-state index in [4.69, 9.17) is 25.7 Å². The number of nitrogens with one attached hydrogen (secondary N) is 2. The Morgan fingerprint density at radius 3 is 2.84 bits per heavy atom. The number of amides is 1. The maximum Gasteiger partial charge on any atom is 0.249 e. The number of fused-ring (bicyclic) bond motifs is 1. The molecule has 0 bridgehead atoms. The zero-order chi connectivity index (χ0) is 29.9. The first-order chi connectivity index (χ1) is 20.9. The average molecular weight is 583 g/mol. The lowest BCUT2D eigenvalue weighted by atomic mass is 10.0. The molecule has 3 aromatic carbocycles. The number of carbonyl (C=O) groups is 1. The fourth-order valence-corrected chi connectivity index (χ4v) is 5.23. The van der Waals surface area contributed by atoms with E-state index < -0.39 is 17.8 Å². The molecule has 43 heavy (non-hydrogen) atoms. The van der Waals surface area contributed by atoms with Gasteiger partial charge in [0.25, 0.3) is 0 Å². The third-order valence-corrected chi connectivity index (χ3v) is 7.30. The Morgan fingerprint density at radius 1 is 1.19 bits per heavy atom. The van der Waals surface area contributed by atoms with Crippen LogP contribution in [0.2, 0.25) is 0 Å². The van der Waals surface area contributed by atoms with Crippen LogP contribution in [0.3, 0.4) is 0 Å². The summed E-state index contributed by atoms with van der Waals surface area (Å²) in [7, 11) is 0. The number of imidazole rings is 1. The van der Waals surface area contributed by atoms with Gasteiger partial charge in [-0.2, -0.15) is 0 Å². The first kappa shape index (κ1) is 28.0. The first-order valence-corrected chi connectivity index (χ1v) is 14.0. The molecule has 1 aliphatic rings. The van der Waals surface area contributed by atoms with E-state index in [-0.39, 0.29) is 17.4 Å². The van der Waals surface area contributed by atoms with Crippen LogP contribution in [0.15, 0.2) is 73.1 Å². The molecule has 0 radical (unpaired) electrons. The van der Waals surface area contributed by atoms with Gasteiger partial charge in [0.05, 0.1) is 31.7 Å². The predicted octanol–water partition coefficient (Wildman–Crippen LogP) is 5.21. The second-order valence-corrected chi connectivity index (χ2v) is 10.2. The molecule has 0 spiro atoms. The smallest absolute Gasteiger partial charge is 0.249 e. The molecule has 0 aliphatic carbocycles. The Kier molecular flexibility index (Phi) is 7.80. The van der Waals surface area contributed by atoms with Gasteiger partial charge in [-0.1, -0.05) is 18.2 Å². The zero-order valence-electron chi connectivity index (χ0n) is 23.5. The average Bonchev–Trinajstić information content (AvgIpc) is 3.71. The van der Waals surface area contributed by atoms with Gasteiger partial charge in [-0.15, -0.1) is 0 Å². The summed E-state index contributed by atoms with van der Waals surface area (Å²) in [5.74, 6) is 0.190. The lowest BCUT2D eigenvalue weighted by Crippen LogP contribution is -2.19. The molecule has 6 rings (SSSR count). The number of nitrogens with zero attached hydrogens (tertiary/aromatic N) is 2. The number of anilines is 2. The molecule has 1 amide bonds. The van der Waals surface area contributed by atoms with Crippen molar-refractivity contribution in [3.63, 3.8) is 0 Å². The number of rotatable bonds is 10. The Balaban J connectivity index is 1.47. The van der Waals surface area contributed by atoms with Crippen molar-refractivity contribution in [3.05, 3.63) is 95.8 Å². The van der Waals surface area contributed by atoms with Gasteiger partial charge in [0.15, 0.2) is 11.6 Å². The highest BCUT2D eigenvalue weighted by Gasteiger charge is 2.28. The number of hydrogen-bond acceptors (Lipinski definition) is 8. The number of aromatic amines is 1. The van der Waals surface area contributed by atoms with Gasteiger partial charge in [0.1, 0.15) is 29.5 Å². The van der Waals surface area contributed by atoms with Crippen molar-refractivity contribution >= 4 is 28.2 Å². The van der Waals surface area contributed by atoms with Gasteiger partial charge in [0.2, 0.25) is 5.91 Å². The zero-order valence-corrected chi connectivity index (χ0v) is 23.5. The van der Waals surface area contributed by atoms with Gasteiger partial charge < -0.3 is 36.0 Å². The summed E-state index contributed by atoms with van der Waals surface area (Å²) in [6.45, 7) is 3.17.